The van der Waals surface area contributed by atoms with Crippen molar-refractivity contribution in [3.8, 4) is 0 Å². The summed E-state index contributed by atoms with van der Waals surface area (Å²) >= 11 is 9.26. The Bertz CT molecular complexity index is 603. The Morgan fingerprint density at radius 3 is 2.84 bits per heavy atom. The summed E-state index contributed by atoms with van der Waals surface area (Å²) in [6.45, 7) is 0.143. The lowest BCUT2D eigenvalue weighted by Crippen LogP contribution is -2.34. The number of rotatable bonds is 3. The first-order chi connectivity index (χ1) is 8.92. The van der Waals surface area contributed by atoms with Crippen molar-refractivity contribution in [1.82, 2.24) is 5.32 Å². The van der Waals surface area contributed by atoms with Crippen LogP contribution in [0.25, 0.3) is 0 Å². The van der Waals surface area contributed by atoms with Gasteiger partial charge >= 0.3 is 0 Å². The maximum Gasteiger partial charge on any atom is 0.252 e. The fraction of sp³-hybridized carbons (Fsp3) is 0.417. The Balaban J connectivity index is 2.04. The quantitative estimate of drug-likeness (QED) is 0.893. The van der Waals surface area contributed by atoms with E-state index < -0.39 is 15.1 Å². The highest BCUT2D eigenvalue weighted by Gasteiger charge is 2.31. The van der Waals surface area contributed by atoms with Crippen molar-refractivity contribution >= 4 is 43.3 Å². The fourth-order valence-corrected chi connectivity index (χ4v) is 4.41. The lowest BCUT2D eigenvalue weighted by molar-refractivity contribution is 0.0953. The van der Waals surface area contributed by atoms with Crippen LogP contribution in [0, 0.1) is 0 Å². The van der Waals surface area contributed by atoms with Crippen LogP contribution in [0.4, 0.5) is 0 Å². The van der Waals surface area contributed by atoms with E-state index in [1.807, 2.05) is 0 Å². The molecule has 0 aliphatic carbocycles. The molecule has 1 heterocycles. The fourth-order valence-electron chi connectivity index (χ4n) is 2.07. The van der Waals surface area contributed by atoms with E-state index in [1.54, 1.807) is 18.2 Å². The molecule has 0 aromatic heterocycles. The van der Waals surface area contributed by atoms with Crippen molar-refractivity contribution in [2.75, 3.05) is 12.3 Å². The molecule has 1 N–H and O–H groups in total. The first-order valence-electron chi connectivity index (χ1n) is 5.85. The van der Waals surface area contributed by atoms with Gasteiger partial charge in [0.1, 0.15) is 0 Å². The third-order valence-corrected chi connectivity index (χ3v) is 6.72. The molecule has 0 spiro atoms. The molecule has 2 rings (SSSR count). The summed E-state index contributed by atoms with van der Waals surface area (Å²) in [5, 5.41) is 2.50. The zero-order chi connectivity index (χ0) is 14.0. The normalized spacial score (nSPS) is 21.3. The van der Waals surface area contributed by atoms with E-state index in [0.29, 0.717) is 27.9 Å². The van der Waals surface area contributed by atoms with Crippen molar-refractivity contribution in [1.29, 1.82) is 0 Å². The van der Waals surface area contributed by atoms with Gasteiger partial charge in [0.15, 0.2) is 9.84 Å². The summed E-state index contributed by atoms with van der Waals surface area (Å²) < 4.78 is 23.9. The van der Waals surface area contributed by atoms with Gasteiger partial charge in [-0.3, -0.25) is 4.79 Å². The van der Waals surface area contributed by atoms with E-state index in [2.05, 4.69) is 21.2 Å². The van der Waals surface area contributed by atoms with Gasteiger partial charge in [-0.05, 0) is 40.9 Å². The van der Waals surface area contributed by atoms with E-state index in [1.165, 1.54) is 0 Å². The number of hydrogen-bond donors (Lipinski definition) is 1. The largest absolute Gasteiger partial charge is 0.351 e. The summed E-state index contributed by atoms with van der Waals surface area (Å²) in [5.74, 6) is -0.140. The number of sulfone groups is 1. The molecule has 1 unspecified atom stereocenters. The zero-order valence-corrected chi connectivity index (χ0v) is 13.2. The molecule has 1 aliphatic rings. The minimum Gasteiger partial charge on any atom is -0.351 e. The van der Waals surface area contributed by atoms with Crippen LogP contribution in [0.2, 0.25) is 5.02 Å². The van der Waals surface area contributed by atoms with E-state index in [9.17, 15) is 13.2 Å². The number of carbonyl (C=O) groups excluding carboxylic acids is 1. The van der Waals surface area contributed by atoms with E-state index >= 15 is 0 Å². The SMILES string of the molecule is O=C(NCC1CCCS1(=O)=O)c1cccc(Br)c1Cl. The first kappa shape index (κ1) is 14.8. The van der Waals surface area contributed by atoms with Gasteiger partial charge in [-0.25, -0.2) is 8.42 Å². The lowest BCUT2D eigenvalue weighted by atomic mass is 10.2. The number of halogens is 2. The van der Waals surface area contributed by atoms with Crippen LogP contribution in [0.1, 0.15) is 23.2 Å². The summed E-state index contributed by atoms with van der Waals surface area (Å²) in [5.41, 5.74) is 0.339. The number of carbonyl (C=O) groups is 1. The molecule has 7 heteroatoms. The van der Waals surface area contributed by atoms with Crippen molar-refractivity contribution in [3.05, 3.63) is 33.3 Å². The van der Waals surface area contributed by atoms with Crippen LogP contribution in [-0.2, 0) is 9.84 Å². The van der Waals surface area contributed by atoms with Gasteiger partial charge in [0.25, 0.3) is 5.91 Å². The van der Waals surface area contributed by atoms with Gasteiger partial charge in [0, 0.05) is 11.0 Å². The Hall–Kier alpha value is -0.590. The Labute approximate surface area is 125 Å². The summed E-state index contributed by atoms with van der Waals surface area (Å²) in [6, 6.07) is 5.04. The monoisotopic (exact) mass is 365 g/mol. The Morgan fingerprint density at radius 1 is 1.47 bits per heavy atom. The van der Waals surface area contributed by atoms with Gasteiger partial charge in [-0.2, -0.15) is 0 Å². The van der Waals surface area contributed by atoms with E-state index in [4.69, 9.17) is 11.6 Å². The predicted molar refractivity (Wildman–Crippen MR) is 78.3 cm³/mol. The van der Waals surface area contributed by atoms with E-state index in [-0.39, 0.29) is 18.2 Å². The molecule has 1 saturated heterocycles. The maximum absolute atomic E-state index is 12.0. The minimum atomic E-state index is -3.04. The third-order valence-electron chi connectivity index (χ3n) is 3.15. The van der Waals surface area contributed by atoms with Gasteiger partial charge in [0.05, 0.1) is 21.6 Å². The molecule has 1 aromatic carbocycles. The highest BCUT2D eigenvalue weighted by Crippen LogP contribution is 2.26. The van der Waals surface area contributed by atoms with Crippen LogP contribution in [0.5, 0.6) is 0 Å². The molecular formula is C12H13BrClNO3S. The lowest BCUT2D eigenvalue weighted by Gasteiger charge is -2.11. The molecule has 1 atom stereocenters. The van der Waals surface area contributed by atoms with Gasteiger partial charge in [-0.1, -0.05) is 17.7 Å². The zero-order valence-electron chi connectivity index (χ0n) is 10.0. The third kappa shape index (κ3) is 3.30. The van der Waals surface area contributed by atoms with Crippen LogP contribution in [0.3, 0.4) is 0 Å². The second kappa shape index (κ2) is 5.81. The molecule has 1 aromatic rings. The average Bonchev–Trinajstić information content (AvgIpc) is 2.69. The Kier molecular flexibility index (Phi) is 4.53. The number of amides is 1. The van der Waals surface area contributed by atoms with Crippen LogP contribution in [-0.4, -0.2) is 31.9 Å². The molecule has 104 valence electrons. The molecule has 0 bridgehead atoms. The molecule has 4 nitrogen and oxygen atoms in total. The second-order valence-corrected chi connectivity index (χ2v) is 8.08. The number of hydrogen-bond acceptors (Lipinski definition) is 3. The van der Waals surface area contributed by atoms with Crippen LogP contribution < -0.4 is 5.32 Å². The number of nitrogens with one attached hydrogen (secondary N) is 1. The second-order valence-electron chi connectivity index (χ2n) is 4.44. The summed E-state index contributed by atoms with van der Waals surface area (Å²) in [4.78, 5) is 12.0. The van der Waals surface area contributed by atoms with Crippen molar-refractivity contribution < 1.29 is 13.2 Å². The topological polar surface area (TPSA) is 63.2 Å². The Morgan fingerprint density at radius 2 is 2.21 bits per heavy atom. The average molecular weight is 367 g/mol. The standard InChI is InChI=1S/C12H13BrClNO3S/c13-10-5-1-4-9(11(10)14)12(16)15-7-8-3-2-6-19(8,17)18/h1,4-5,8H,2-3,6-7H2,(H,15,16). The molecule has 0 radical (unpaired) electrons. The summed E-state index contributed by atoms with van der Waals surface area (Å²) in [6.07, 6.45) is 1.27. The molecule has 1 fully saturated rings. The van der Waals surface area contributed by atoms with Gasteiger partial charge < -0.3 is 5.32 Å². The molecule has 1 aliphatic heterocycles. The number of benzene rings is 1. The minimum absolute atomic E-state index is 0.143. The molecule has 1 amide bonds. The maximum atomic E-state index is 12.0. The first-order valence-corrected chi connectivity index (χ1v) is 8.74. The molecule has 19 heavy (non-hydrogen) atoms. The predicted octanol–water partition coefficient (Wildman–Crippen LogP) is 2.41. The highest BCUT2D eigenvalue weighted by molar-refractivity contribution is 9.10. The molecular weight excluding hydrogens is 354 g/mol. The van der Waals surface area contributed by atoms with Crippen molar-refractivity contribution in [2.45, 2.75) is 18.1 Å². The van der Waals surface area contributed by atoms with Crippen molar-refractivity contribution in [3.63, 3.8) is 0 Å². The van der Waals surface area contributed by atoms with Crippen LogP contribution in [0.15, 0.2) is 22.7 Å². The highest BCUT2D eigenvalue weighted by atomic mass is 79.9. The summed E-state index contributed by atoms with van der Waals surface area (Å²) in [7, 11) is -3.04. The van der Waals surface area contributed by atoms with Crippen LogP contribution >= 0.6 is 27.5 Å². The van der Waals surface area contributed by atoms with Crippen molar-refractivity contribution in [2.24, 2.45) is 0 Å². The van der Waals surface area contributed by atoms with Gasteiger partial charge in [-0.15, -0.1) is 0 Å². The molecule has 0 saturated carbocycles. The smallest absolute Gasteiger partial charge is 0.252 e. The van der Waals surface area contributed by atoms with E-state index in [0.717, 1.165) is 0 Å². The van der Waals surface area contributed by atoms with Gasteiger partial charge in [0.2, 0.25) is 0 Å².